The molecule has 4 fully saturated rings. The van der Waals surface area contributed by atoms with E-state index < -0.39 is 0 Å². The zero-order chi connectivity index (χ0) is 15.2. The Hall–Kier alpha value is -1.38. The van der Waals surface area contributed by atoms with Crippen LogP contribution in [0.3, 0.4) is 0 Å². The molecule has 0 radical (unpaired) electrons. The first-order chi connectivity index (χ1) is 10.6. The highest BCUT2D eigenvalue weighted by Gasteiger charge is 2.50. The molecule has 0 aromatic heterocycles. The van der Waals surface area contributed by atoms with Gasteiger partial charge in [0, 0.05) is 12.1 Å². The lowest BCUT2D eigenvalue weighted by Gasteiger charge is -2.57. The molecule has 1 aromatic carbocycles. The van der Waals surface area contributed by atoms with Gasteiger partial charge in [0.25, 0.3) is 5.91 Å². The molecule has 1 N–H and O–H groups in total. The molecule has 1 aromatic rings. The van der Waals surface area contributed by atoms with Gasteiger partial charge in [-0.1, -0.05) is 0 Å². The molecule has 5 rings (SSSR count). The summed E-state index contributed by atoms with van der Waals surface area (Å²) in [5, 5.41) is 3.03. The number of nitrogens with one attached hydrogen (secondary N) is 1. The molecule has 0 saturated heterocycles. The van der Waals surface area contributed by atoms with Crippen LogP contribution in [0.5, 0.6) is 0 Å². The van der Waals surface area contributed by atoms with E-state index >= 15 is 0 Å². The van der Waals surface area contributed by atoms with Crippen molar-refractivity contribution in [1.29, 1.82) is 0 Å². The smallest absolute Gasteiger partial charge is 0.251 e. The standard InChI is InChI=1S/C19H24FNO/c20-17-3-1-16(2-4-17)18(22)21-6-5-19-10-13-7-14(11-19)9-15(8-13)12-19/h1-4,13-15H,5-12H2,(H,21,22). The SMILES string of the molecule is O=C(NCCC12CC3CC(CC(C3)C1)C2)c1ccc(F)cc1. The fraction of sp³-hybridized carbons (Fsp3) is 0.632. The zero-order valence-electron chi connectivity index (χ0n) is 13.0. The second-order valence-corrected chi connectivity index (χ2v) is 7.93. The Labute approximate surface area is 131 Å². The summed E-state index contributed by atoms with van der Waals surface area (Å²) in [6.07, 6.45) is 9.63. The van der Waals surface area contributed by atoms with Crippen molar-refractivity contribution in [3.8, 4) is 0 Å². The van der Waals surface area contributed by atoms with Crippen molar-refractivity contribution < 1.29 is 9.18 Å². The third kappa shape index (κ3) is 2.66. The van der Waals surface area contributed by atoms with Crippen LogP contribution < -0.4 is 5.32 Å². The summed E-state index contributed by atoms with van der Waals surface area (Å²) in [5.74, 6) is 2.49. The maximum atomic E-state index is 12.9. The van der Waals surface area contributed by atoms with Gasteiger partial charge < -0.3 is 5.32 Å². The van der Waals surface area contributed by atoms with Gasteiger partial charge in [-0.05, 0) is 92.4 Å². The molecule has 0 aliphatic heterocycles. The van der Waals surface area contributed by atoms with Crippen LogP contribution >= 0.6 is 0 Å². The molecule has 1 amide bonds. The minimum absolute atomic E-state index is 0.0790. The third-order valence-corrected chi connectivity index (χ3v) is 6.21. The molecule has 4 bridgehead atoms. The average molecular weight is 301 g/mol. The van der Waals surface area contributed by atoms with E-state index in [1.807, 2.05) is 0 Å². The fourth-order valence-electron chi connectivity index (χ4n) is 5.74. The summed E-state index contributed by atoms with van der Waals surface area (Å²) in [6.45, 7) is 0.752. The van der Waals surface area contributed by atoms with Gasteiger partial charge >= 0.3 is 0 Å². The number of halogens is 1. The number of amides is 1. The van der Waals surface area contributed by atoms with Crippen LogP contribution in [0.25, 0.3) is 0 Å². The molecule has 0 spiro atoms. The van der Waals surface area contributed by atoms with Crippen molar-refractivity contribution in [1.82, 2.24) is 5.32 Å². The Kier molecular flexibility index (Phi) is 3.47. The van der Waals surface area contributed by atoms with Crippen molar-refractivity contribution in [2.24, 2.45) is 23.2 Å². The van der Waals surface area contributed by atoms with Gasteiger partial charge in [0.05, 0.1) is 0 Å². The lowest BCUT2D eigenvalue weighted by molar-refractivity contribution is -0.0564. The number of carbonyl (C=O) groups excluding carboxylic acids is 1. The van der Waals surface area contributed by atoms with E-state index in [9.17, 15) is 9.18 Å². The summed E-state index contributed by atoms with van der Waals surface area (Å²) < 4.78 is 12.9. The van der Waals surface area contributed by atoms with Crippen LogP contribution in [-0.2, 0) is 0 Å². The number of rotatable bonds is 4. The highest BCUT2D eigenvalue weighted by molar-refractivity contribution is 5.94. The molecule has 0 unspecified atom stereocenters. The first kappa shape index (κ1) is 14.2. The third-order valence-electron chi connectivity index (χ3n) is 6.21. The predicted molar refractivity (Wildman–Crippen MR) is 84.0 cm³/mol. The van der Waals surface area contributed by atoms with Gasteiger partial charge in [-0.25, -0.2) is 4.39 Å². The summed E-state index contributed by atoms with van der Waals surface area (Å²) >= 11 is 0. The Balaban J connectivity index is 1.33. The Morgan fingerprint density at radius 2 is 1.59 bits per heavy atom. The topological polar surface area (TPSA) is 29.1 Å². The number of benzene rings is 1. The Morgan fingerprint density at radius 1 is 1.05 bits per heavy atom. The number of hydrogen-bond donors (Lipinski definition) is 1. The van der Waals surface area contributed by atoms with Gasteiger partial charge in [-0.15, -0.1) is 0 Å². The first-order valence-electron chi connectivity index (χ1n) is 8.66. The fourth-order valence-corrected chi connectivity index (χ4v) is 5.74. The van der Waals surface area contributed by atoms with Crippen molar-refractivity contribution in [2.75, 3.05) is 6.54 Å². The van der Waals surface area contributed by atoms with E-state index in [0.717, 1.165) is 30.7 Å². The van der Waals surface area contributed by atoms with Gasteiger partial charge in [0.2, 0.25) is 0 Å². The van der Waals surface area contributed by atoms with E-state index in [4.69, 9.17) is 0 Å². The second kappa shape index (κ2) is 5.36. The summed E-state index contributed by atoms with van der Waals surface area (Å²) in [6, 6.07) is 5.78. The van der Waals surface area contributed by atoms with Crippen molar-refractivity contribution in [3.63, 3.8) is 0 Å². The largest absolute Gasteiger partial charge is 0.352 e. The molecule has 0 atom stereocenters. The van der Waals surface area contributed by atoms with Crippen LogP contribution in [0.4, 0.5) is 4.39 Å². The van der Waals surface area contributed by atoms with E-state index in [-0.39, 0.29) is 11.7 Å². The number of hydrogen-bond acceptors (Lipinski definition) is 1. The van der Waals surface area contributed by atoms with Crippen molar-refractivity contribution in [2.45, 2.75) is 44.9 Å². The van der Waals surface area contributed by atoms with E-state index in [0.29, 0.717) is 11.0 Å². The molecule has 118 valence electrons. The van der Waals surface area contributed by atoms with Gasteiger partial charge in [0.15, 0.2) is 0 Å². The quantitative estimate of drug-likeness (QED) is 0.889. The molecule has 2 nitrogen and oxygen atoms in total. The highest BCUT2D eigenvalue weighted by Crippen LogP contribution is 2.61. The average Bonchev–Trinajstić information content (AvgIpc) is 2.46. The minimum Gasteiger partial charge on any atom is -0.352 e. The molecule has 3 heteroatoms. The normalized spacial score (nSPS) is 35.6. The molecule has 4 aliphatic carbocycles. The summed E-state index contributed by atoms with van der Waals surface area (Å²) in [5.41, 5.74) is 1.05. The molecule has 4 saturated carbocycles. The molecular weight excluding hydrogens is 277 g/mol. The van der Waals surface area contributed by atoms with Crippen LogP contribution in [0, 0.1) is 29.0 Å². The number of carbonyl (C=O) groups is 1. The highest BCUT2D eigenvalue weighted by atomic mass is 19.1. The predicted octanol–water partition coefficient (Wildman–Crippen LogP) is 4.16. The lowest BCUT2D eigenvalue weighted by atomic mass is 9.49. The lowest BCUT2D eigenvalue weighted by Crippen LogP contribution is -2.47. The Bertz CT molecular complexity index is 530. The van der Waals surface area contributed by atoms with Crippen LogP contribution in [0.1, 0.15) is 55.3 Å². The molecule has 0 heterocycles. The van der Waals surface area contributed by atoms with Gasteiger partial charge in [0.1, 0.15) is 5.82 Å². The first-order valence-corrected chi connectivity index (χ1v) is 8.66. The van der Waals surface area contributed by atoms with E-state index in [1.54, 1.807) is 12.1 Å². The van der Waals surface area contributed by atoms with Crippen LogP contribution in [-0.4, -0.2) is 12.5 Å². The monoisotopic (exact) mass is 301 g/mol. The van der Waals surface area contributed by atoms with Gasteiger partial charge in [-0.2, -0.15) is 0 Å². The van der Waals surface area contributed by atoms with Crippen LogP contribution in [0.15, 0.2) is 24.3 Å². The molecule has 22 heavy (non-hydrogen) atoms. The second-order valence-electron chi connectivity index (χ2n) is 7.93. The van der Waals surface area contributed by atoms with E-state index in [1.165, 1.54) is 50.7 Å². The Morgan fingerprint density at radius 3 is 2.14 bits per heavy atom. The maximum absolute atomic E-state index is 12.9. The minimum atomic E-state index is -0.301. The molecule has 4 aliphatic rings. The van der Waals surface area contributed by atoms with E-state index in [2.05, 4.69) is 5.32 Å². The van der Waals surface area contributed by atoms with Crippen molar-refractivity contribution >= 4 is 5.91 Å². The maximum Gasteiger partial charge on any atom is 0.251 e. The summed E-state index contributed by atoms with van der Waals surface area (Å²) in [7, 11) is 0. The van der Waals surface area contributed by atoms with Crippen LogP contribution in [0.2, 0.25) is 0 Å². The van der Waals surface area contributed by atoms with Crippen molar-refractivity contribution in [3.05, 3.63) is 35.6 Å². The summed E-state index contributed by atoms with van der Waals surface area (Å²) in [4.78, 5) is 12.1. The van der Waals surface area contributed by atoms with Gasteiger partial charge in [-0.3, -0.25) is 4.79 Å². The zero-order valence-corrected chi connectivity index (χ0v) is 13.0. The molecular formula is C19H24FNO.